The first kappa shape index (κ1) is 13.8. The van der Waals surface area contributed by atoms with Crippen LogP contribution in [0.15, 0.2) is 48.5 Å². The van der Waals surface area contributed by atoms with Gasteiger partial charge in [-0.3, -0.25) is 5.84 Å². The molecule has 0 saturated carbocycles. The summed E-state index contributed by atoms with van der Waals surface area (Å²) in [6.07, 6.45) is 0. The summed E-state index contributed by atoms with van der Waals surface area (Å²) in [6.45, 7) is 0.221. The Labute approximate surface area is 116 Å². The monoisotopic (exact) mass is 280 g/mol. The predicted molar refractivity (Wildman–Crippen MR) is 73.4 cm³/mol. The van der Waals surface area contributed by atoms with Gasteiger partial charge in [0.05, 0.1) is 6.04 Å². The molecule has 0 heterocycles. The number of nitrogens with one attached hydrogen (secondary N) is 1. The molecule has 0 bridgehead atoms. The van der Waals surface area contributed by atoms with Crippen LogP contribution in [-0.4, -0.2) is 6.61 Å². The molecule has 0 aromatic heterocycles. The highest BCUT2D eigenvalue weighted by Crippen LogP contribution is 2.21. The summed E-state index contributed by atoms with van der Waals surface area (Å²) < 4.78 is 19.3. The average molecular weight is 281 g/mol. The number of hydrogen-bond donors (Lipinski definition) is 2. The maximum atomic E-state index is 13.8. The summed E-state index contributed by atoms with van der Waals surface area (Å²) in [6, 6.07) is 13.3. The highest BCUT2D eigenvalue weighted by molar-refractivity contribution is 6.30. The summed E-state index contributed by atoms with van der Waals surface area (Å²) in [4.78, 5) is 0. The number of hydrogen-bond acceptors (Lipinski definition) is 3. The van der Waals surface area contributed by atoms with Gasteiger partial charge in [-0.25, -0.2) is 9.82 Å². The van der Waals surface area contributed by atoms with Crippen molar-refractivity contribution >= 4 is 11.6 Å². The largest absolute Gasteiger partial charge is 0.492 e. The number of benzene rings is 2. The smallest absolute Gasteiger partial charge is 0.129 e. The van der Waals surface area contributed by atoms with Crippen LogP contribution < -0.4 is 16.0 Å². The molecule has 0 aliphatic heterocycles. The second-order valence-corrected chi connectivity index (χ2v) is 4.45. The third kappa shape index (κ3) is 3.67. The van der Waals surface area contributed by atoms with Crippen molar-refractivity contribution in [1.82, 2.24) is 5.43 Å². The molecule has 0 fully saturated rings. The Morgan fingerprint density at radius 3 is 2.58 bits per heavy atom. The topological polar surface area (TPSA) is 47.3 Å². The van der Waals surface area contributed by atoms with Crippen molar-refractivity contribution in [3.8, 4) is 5.75 Å². The third-order valence-corrected chi connectivity index (χ3v) is 2.93. The first-order valence-electron chi connectivity index (χ1n) is 5.79. The standard InChI is InChI=1S/C14H14ClFN2O/c15-10-6-7-12(13(16)8-10)14(18-17)9-19-11-4-2-1-3-5-11/h1-8,14,18H,9,17H2. The van der Waals surface area contributed by atoms with Gasteiger partial charge in [-0.2, -0.15) is 0 Å². The second kappa shape index (κ2) is 6.52. The van der Waals surface area contributed by atoms with Gasteiger partial charge in [-0.05, 0) is 24.3 Å². The van der Waals surface area contributed by atoms with E-state index in [1.807, 2.05) is 30.3 Å². The normalized spacial score (nSPS) is 12.2. The van der Waals surface area contributed by atoms with E-state index in [2.05, 4.69) is 5.43 Å². The van der Waals surface area contributed by atoms with Crippen molar-refractivity contribution < 1.29 is 9.13 Å². The lowest BCUT2D eigenvalue weighted by molar-refractivity contribution is 0.264. The number of halogens is 2. The van der Waals surface area contributed by atoms with Crippen LogP contribution in [0.25, 0.3) is 0 Å². The summed E-state index contributed by atoms with van der Waals surface area (Å²) in [7, 11) is 0. The summed E-state index contributed by atoms with van der Waals surface area (Å²) in [5.74, 6) is 5.74. The van der Waals surface area contributed by atoms with Gasteiger partial charge < -0.3 is 4.74 Å². The van der Waals surface area contributed by atoms with Crippen LogP contribution >= 0.6 is 11.6 Å². The van der Waals surface area contributed by atoms with E-state index in [0.717, 1.165) is 0 Å². The lowest BCUT2D eigenvalue weighted by Gasteiger charge is -2.18. The summed E-state index contributed by atoms with van der Waals surface area (Å²) in [5.41, 5.74) is 2.96. The van der Waals surface area contributed by atoms with Crippen molar-refractivity contribution in [2.24, 2.45) is 5.84 Å². The predicted octanol–water partition coefficient (Wildman–Crippen LogP) is 3.06. The molecule has 2 aromatic rings. The lowest BCUT2D eigenvalue weighted by atomic mass is 10.1. The highest BCUT2D eigenvalue weighted by atomic mass is 35.5. The maximum absolute atomic E-state index is 13.8. The lowest BCUT2D eigenvalue weighted by Crippen LogP contribution is -2.33. The molecule has 1 unspecified atom stereocenters. The number of nitrogens with two attached hydrogens (primary N) is 1. The quantitative estimate of drug-likeness (QED) is 0.654. The molecule has 100 valence electrons. The van der Waals surface area contributed by atoms with Crippen molar-refractivity contribution in [3.63, 3.8) is 0 Å². The van der Waals surface area contributed by atoms with Crippen molar-refractivity contribution in [2.75, 3.05) is 6.61 Å². The van der Waals surface area contributed by atoms with Gasteiger partial charge in [0.2, 0.25) is 0 Å². The molecule has 19 heavy (non-hydrogen) atoms. The van der Waals surface area contributed by atoms with Crippen molar-refractivity contribution in [2.45, 2.75) is 6.04 Å². The van der Waals surface area contributed by atoms with E-state index >= 15 is 0 Å². The minimum Gasteiger partial charge on any atom is -0.492 e. The minimum atomic E-state index is -0.447. The van der Waals surface area contributed by atoms with Gasteiger partial charge in [0.25, 0.3) is 0 Å². The summed E-state index contributed by atoms with van der Waals surface area (Å²) in [5, 5.41) is 0.348. The van der Waals surface area contributed by atoms with Gasteiger partial charge in [-0.15, -0.1) is 0 Å². The zero-order valence-electron chi connectivity index (χ0n) is 10.1. The molecule has 0 saturated heterocycles. The van der Waals surface area contributed by atoms with E-state index < -0.39 is 11.9 Å². The molecule has 0 aliphatic rings. The molecule has 2 rings (SSSR count). The van der Waals surface area contributed by atoms with Gasteiger partial charge in [-0.1, -0.05) is 35.9 Å². The minimum absolute atomic E-state index is 0.221. The molecule has 3 nitrogen and oxygen atoms in total. The Bertz CT molecular complexity index is 536. The second-order valence-electron chi connectivity index (χ2n) is 4.01. The molecular formula is C14H14ClFN2O. The van der Waals surface area contributed by atoms with E-state index in [0.29, 0.717) is 16.3 Å². The third-order valence-electron chi connectivity index (χ3n) is 2.70. The summed E-state index contributed by atoms with van der Waals surface area (Å²) >= 11 is 5.71. The van der Waals surface area contributed by atoms with Gasteiger partial charge in [0.1, 0.15) is 18.2 Å². The fourth-order valence-corrected chi connectivity index (χ4v) is 1.87. The molecule has 0 aliphatic carbocycles. The molecular weight excluding hydrogens is 267 g/mol. The first-order valence-corrected chi connectivity index (χ1v) is 6.17. The maximum Gasteiger partial charge on any atom is 0.129 e. The van der Waals surface area contributed by atoms with Crippen LogP contribution in [-0.2, 0) is 0 Å². The van der Waals surface area contributed by atoms with Crippen LogP contribution in [0.1, 0.15) is 11.6 Å². The highest BCUT2D eigenvalue weighted by Gasteiger charge is 2.15. The SMILES string of the molecule is NNC(COc1ccccc1)c1ccc(Cl)cc1F. The number of para-hydroxylation sites is 1. The zero-order chi connectivity index (χ0) is 13.7. The molecule has 2 aromatic carbocycles. The van der Waals surface area contributed by atoms with E-state index in [-0.39, 0.29) is 6.61 Å². The first-order chi connectivity index (χ1) is 9.20. The molecule has 0 amide bonds. The number of rotatable bonds is 5. The van der Waals surface area contributed by atoms with E-state index in [9.17, 15) is 4.39 Å². The Morgan fingerprint density at radius 2 is 1.95 bits per heavy atom. The van der Waals surface area contributed by atoms with Crippen LogP contribution in [0.5, 0.6) is 5.75 Å². The van der Waals surface area contributed by atoms with Crippen molar-refractivity contribution in [1.29, 1.82) is 0 Å². The fourth-order valence-electron chi connectivity index (χ4n) is 1.71. The number of ether oxygens (including phenoxy) is 1. The van der Waals surface area contributed by atoms with Gasteiger partial charge >= 0.3 is 0 Å². The molecule has 5 heteroatoms. The van der Waals surface area contributed by atoms with Crippen LogP contribution in [0.2, 0.25) is 5.02 Å². The Morgan fingerprint density at radius 1 is 1.21 bits per heavy atom. The van der Waals surface area contributed by atoms with Gasteiger partial charge in [0, 0.05) is 10.6 Å². The van der Waals surface area contributed by atoms with E-state index in [1.165, 1.54) is 6.07 Å². The molecule has 1 atom stereocenters. The van der Waals surface area contributed by atoms with E-state index in [1.54, 1.807) is 12.1 Å². The Kier molecular flexibility index (Phi) is 4.74. The number of hydrazine groups is 1. The fraction of sp³-hybridized carbons (Fsp3) is 0.143. The molecule has 3 N–H and O–H groups in total. The van der Waals surface area contributed by atoms with E-state index in [4.69, 9.17) is 22.2 Å². The molecule has 0 radical (unpaired) electrons. The van der Waals surface area contributed by atoms with Gasteiger partial charge in [0.15, 0.2) is 0 Å². The van der Waals surface area contributed by atoms with Crippen LogP contribution in [0, 0.1) is 5.82 Å². The van der Waals surface area contributed by atoms with Crippen molar-refractivity contribution in [3.05, 3.63) is 64.9 Å². The van der Waals surface area contributed by atoms with Crippen LogP contribution in [0.3, 0.4) is 0 Å². The Balaban J connectivity index is 2.08. The average Bonchev–Trinajstić information content (AvgIpc) is 2.42. The zero-order valence-corrected chi connectivity index (χ0v) is 10.9. The Hall–Kier alpha value is -1.62. The molecule has 0 spiro atoms. The van der Waals surface area contributed by atoms with Crippen LogP contribution in [0.4, 0.5) is 4.39 Å².